The molecule has 0 unspecified atom stereocenters. The van der Waals surface area contributed by atoms with E-state index >= 15 is 0 Å². The zero-order chi connectivity index (χ0) is 20.5. The summed E-state index contributed by atoms with van der Waals surface area (Å²) in [6.07, 6.45) is 2.61. The summed E-state index contributed by atoms with van der Waals surface area (Å²) in [4.78, 5) is 33.7. The highest BCUT2D eigenvalue weighted by molar-refractivity contribution is 5.96. The smallest absolute Gasteiger partial charge is 0.331 e. The molecule has 2 aromatic rings. The lowest BCUT2D eigenvalue weighted by molar-refractivity contribution is -0.384. The number of carbonyl (C=O) groups excluding carboxylic acids is 2. The van der Waals surface area contributed by atoms with Gasteiger partial charge in [0.2, 0.25) is 0 Å². The largest absolute Gasteiger partial charge is 0.493 e. The molecule has 0 saturated heterocycles. The lowest BCUT2D eigenvalue weighted by Gasteiger charge is -2.07. The van der Waals surface area contributed by atoms with Gasteiger partial charge in [0.25, 0.3) is 11.6 Å². The number of carbonyl (C=O) groups is 2. The van der Waals surface area contributed by atoms with Crippen molar-refractivity contribution in [2.75, 3.05) is 18.5 Å². The van der Waals surface area contributed by atoms with Gasteiger partial charge in [-0.15, -0.1) is 0 Å². The molecule has 0 aliphatic carbocycles. The van der Waals surface area contributed by atoms with Crippen LogP contribution in [-0.4, -0.2) is 30.0 Å². The van der Waals surface area contributed by atoms with Gasteiger partial charge in [0, 0.05) is 11.6 Å². The van der Waals surface area contributed by atoms with E-state index in [9.17, 15) is 24.1 Å². The Morgan fingerprint density at radius 1 is 1.25 bits per heavy atom. The first-order chi connectivity index (χ1) is 13.4. The fourth-order valence-corrected chi connectivity index (χ4v) is 2.20. The first-order valence-corrected chi connectivity index (χ1v) is 8.21. The number of halogens is 1. The molecule has 2 aromatic carbocycles. The first-order valence-electron chi connectivity index (χ1n) is 8.21. The molecule has 1 N–H and O–H groups in total. The summed E-state index contributed by atoms with van der Waals surface area (Å²) in [5.74, 6) is -1.80. The number of rotatable bonds is 8. The molecule has 0 heterocycles. The summed E-state index contributed by atoms with van der Waals surface area (Å²) in [5, 5.41) is 13.1. The SMILES string of the molecule is CCOc1ccccc1/C=C/C(=O)OCC(=O)Nc1ccc(F)cc1[N+](=O)[O-]. The van der Waals surface area contributed by atoms with E-state index in [2.05, 4.69) is 5.32 Å². The monoisotopic (exact) mass is 388 g/mol. The van der Waals surface area contributed by atoms with E-state index in [1.807, 2.05) is 6.92 Å². The van der Waals surface area contributed by atoms with E-state index < -0.39 is 34.9 Å². The Hall–Kier alpha value is -3.75. The number of nitro benzene ring substituents is 1. The van der Waals surface area contributed by atoms with Crippen LogP contribution in [-0.2, 0) is 14.3 Å². The van der Waals surface area contributed by atoms with Crippen LogP contribution < -0.4 is 10.1 Å². The molecule has 9 heteroatoms. The van der Waals surface area contributed by atoms with Gasteiger partial charge in [-0.25, -0.2) is 9.18 Å². The highest BCUT2D eigenvalue weighted by atomic mass is 19.1. The Morgan fingerprint density at radius 2 is 2.00 bits per heavy atom. The third-order valence-corrected chi connectivity index (χ3v) is 3.39. The Balaban J connectivity index is 1.93. The van der Waals surface area contributed by atoms with Crippen molar-refractivity contribution in [2.45, 2.75) is 6.92 Å². The van der Waals surface area contributed by atoms with Crippen LogP contribution in [0.5, 0.6) is 5.75 Å². The minimum absolute atomic E-state index is 0.200. The Bertz CT molecular complexity index is 913. The zero-order valence-electron chi connectivity index (χ0n) is 14.9. The molecule has 0 atom stereocenters. The van der Waals surface area contributed by atoms with Crippen LogP contribution in [0.1, 0.15) is 12.5 Å². The van der Waals surface area contributed by atoms with E-state index in [-0.39, 0.29) is 5.69 Å². The molecule has 1 amide bonds. The second-order valence-electron chi connectivity index (χ2n) is 5.38. The van der Waals surface area contributed by atoms with Crippen molar-refractivity contribution >= 4 is 29.3 Å². The fourth-order valence-electron chi connectivity index (χ4n) is 2.20. The number of nitro groups is 1. The average Bonchev–Trinajstić information content (AvgIpc) is 2.67. The van der Waals surface area contributed by atoms with Crippen LogP contribution in [0.25, 0.3) is 6.08 Å². The second kappa shape index (κ2) is 9.81. The molecule has 0 aliphatic heterocycles. The van der Waals surface area contributed by atoms with Crippen LogP contribution in [0.3, 0.4) is 0 Å². The summed E-state index contributed by atoms with van der Waals surface area (Å²) in [5.41, 5.74) is -0.145. The Morgan fingerprint density at radius 3 is 2.71 bits per heavy atom. The molecule has 0 fully saturated rings. The summed E-state index contributed by atoms with van der Waals surface area (Å²) in [6.45, 7) is 1.63. The zero-order valence-corrected chi connectivity index (χ0v) is 14.9. The van der Waals surface area contributed by atoms with E-state index in [4.69, 9.17) is 9.47 Å². The number of amides is 1. The van der Waals surface area contributed by atoms with E-state index in [0.717, 1.165) is 18.2 Å². The van der Waals surface area contributed by atoms with Crippen molar-refractivity contribution in [1.82, 2.24) is 0 Å². The number of benzene rings is 2. The lowest BCUT2D eigenvalue weighted by Crippen LogP contribution is -2.20. The number of para-hydroxylation sites is 1. The van der Waals surface area contributed by atoms with Crippen LogP contribution in [0.2, 0.25) is 0 Å². The van der Waals surface area contributed by atoms with E-state index in [1.165, 1.54) is 6.08 Å². The summed E-state index contributed by atoms with van der Waals surface area (Å²) >= 11 is 0. The molecule has 0 radical (unpaired) electrons. The maximum Gasteiger partial charge on any atom is 0.331 e. The third kappa shape index (κ3) is 5.90. The van der Waals surface area contributed by atoms with Crippen molar-refractivity contribution in [3.05, 3.63) is 70.0 Å². The number of hydrogen-bond donors (Lipinski definition) is 1. The molecular weight excluding hydrogens is 371 g/mol. The van der Waals surface area contributed by atoms with Gasteiger partial charge in [0.05, 0.1) is 17.6 Å². The molecule has 28 heavy (non-hydrogen) atoms. The highest BCUT2D eigenvalue weighted by Crippen LogP contribution is 2.24. The first kappa shape index (κ1) is 20.6. The van der Waals surface area contributed by atoms with E-state index in [1.54, 1.807) is 24.3 Å². The van der Waals surface area contributed by atoms with Gasteiger partial charge < -0.3 is 14.8 Å². The normalized spacial score (nSPS) is 10.5. The predicted molar refractivity (Wildman–Crippen MR) is 99.3 cm³/mol. The van der Waals surface area contributed by atoms with Gasteiger partial charge in [0.1, 0.15) is 17.3 Å². The Labute approximate surface area is 159 Å². The number of nitrogens with one attached hydrogen (secondary N) is 1. The summed E-state index contributed by atoms with van der Waals surface area (Å²) in [6, 6.07) is 9.76. The van der Waals surface area contributed by atoms with Crippen LogP contribution in [0.4, 0.5) is 15.8 Å². The number of nitrogens with zero attached hydrogens (tertiary/aromatic N) is 1. The van der Waals surface area contributed by atoms with Crippen LogP contribution in [0.15, 0.2) is 48.5 Å². The maximum absolute atomic E-state index is 13.1. The van der Waals surface area contributed by atoms with Gasteiger partial charge in [0.15, 0.2) is 6.61 Å². The van der Waals surface area contributed by atoms with Crippen LogP contribution >= 0.6 is 0 Å². The van der Waals surface area contributed by atoms with Crippen molar-refractivity contribution in [2.24, 2.45) is 0 Å². The molecular formula is C19H17FN2O6. The molecule has 2 rings (SSSR count). The van der Waals surface area contributed by atoms with Crippen molar-refractivity contribution in [3.8, 4) is 5.75 Å². The predicted octanol–water partition coefficient (Wildman–Crippen LogP) is 3.33. The molecule has 146 valence electrons. The minimum Gasteiger partial charge on any atom is -0.493 e. The van der Waals surface area contributed by atoms with Gasteiger partial charge in [-0.05, 0) is 31.2 Å². The van der Waals surface area contributed by atoms with Gasteiger partial charge >= 0.3 is 5.97 Å². The Kier molecular flexibility index (Phi) is 7.21. The van der Waals surface area contributed by atoms with Crippen molar-refractivity contribution in [1.29, 1.82) is 0 Å². The van der Waals surface area contributed by atoms with Crippen LogP contribution in [0, 0.1) is 15.9 Å². The highest BCUT2D eigenvalue weighted by Gasteiger charge is 2.17. The average molecular weight is 388 g/mol. The fraction of sp³-hybridized carbons (Fsp3) is 0.158. The molecule has 0 bridgehead atoms. The van der Waals surface area contributed by atoms with Crippen molar-refractivity contribution in [3.63, 3.8) is 0 Å². The number of hydrogen-bond acceptors (Lipinski definition) is 6. The van der Waals surface area contributed by atoms with Gasteiger partial charge in [-0.3, -0.25) is 14.9 Å². The summed E-state index contributed by atoms with van der Waals surface area (Å²) in [7, 11) is 0. The number of anilines is 1. The van der Waals surface area contributed by atoms with Gasteiger partial charge in [-0.2, -0.15) is 0 Å². The molecule has 0 spiro atoms. The number of ether oxygens (including phenoxy) is 2. The van der Waals surface area contributed by atoms with Crippen molar-refractivity contribution < 1.29 is 28.4 Å². The molecule has 8 nitrogen and oxygen atoms in total. The third-order valence-electron chi connectivity index (χ3n) is 3.39. The number of esters is 1. The lowest BCUT2D eigenvalue weighted by atomic mass is 10.2. The van der Waals surface area contributed by atoms with Gasteiger partial charge in [-0.1, -0.05) is 18.2 Å². The van der Waals surface area contributed by atoms with E-state index in [0.29, 0.717) is 24.0 Å². The second-order valence-corrected chi connectivity index (χ2v) is 5.38. The topological polar surface area (TPSA) is 108 Å². The molecule has 0 aliphatic rings. The maximum atomic E-state index is 13.1. The summed E-state index contributed by atoms with van der Waals surface area (Å²) < 4.78 is 23.3. The standard InChI is InChI=1S/C19H17FN2O6/c1-2-27-17-6-4-3-5-13(17)7-10-19(24)28-12-18(23)21-15-9-8-14(20)11-16(15)22(25)26/h3-11H,2,12H2,1H3,(H,21,23)/b10-7+. The molecule has 0 aromatic heterocycles. The quantitative estimate of drug-likeness (QED) is 0.322. The molecule has 0 saturated carbocycles. The minimum atomic E-state index is -0.830.